The first kappa shape index (κ1) is 26.2. The molecule has 0 aromatic rings. The molecule has 0 aromatic carbocycles. The summed E-state index contributed by atoms with van der Waals surface area (Å²) < 4.78 is 0. The molecule has 0 aliphatic rings. The van der Waals surface area contributed by atoms with Crippen LogP contribution in [0.1, 0.15) is 139 Å². The van der Waals surface area contributed by atoms with Crippen molar-refractivity contribution in [2.24, 2.45) is 16.7 Å². The molecular weight excluding hydrogens is 288 g/mol. The molecule has 0 aliphatic heterocycles. The van der Waals surface area contributed by atoms with Gasteiger partial charge in [0.2, 0.25) is 0 Å². The van der Waals surface area contributed by atoms with E-state index < -0.39 is 0 Å². The smallest absolute Gasteiger partial charge is 0.0306 e. The Hall–Kier alpha value is 0. The monoisotopic (exact) mass is 340 g/mol. The SMILES string of the molecule is CCCCCC(C)(C)C(C)(C)C.CCCCCCCCCC(C)C. The molecule has 0 aliphatic carbocycles. The Morgan fingerprint density at radius 3 is 1.42 bits per heavy atom. The average Bonchev–Trinajstić information content (AvgIpc) is 2.46. The number of rotatable bonds is 12. The largest absolute Gasteiger partial charge is 0.0654 e. The molecule has 0 spiro atoms. The van der Waals surface area contributed by atoms with Crippen molar-refractivity contribution in [1.82, 2.24) is 0 Å². The number of hydrogen-bond donors (Lipinski definition) is 0. The fourth-order valence-corrected chi connectivity index (χ4v) is 2.70. The zero-order valence-electron chi connectivity index (χ0n) is 19.1. The topological polar surface area (TPSA) is 0 Å². The Balaban J connectivity index is 0. The second-order valence-corrected chi connectivity index (χ2v) is 9.89. The molecule has 0 fully saturated rings. The highest BCUT2D eigenvalue weighted by Crippen LogP contribution is 2.41. The van der Waals surface area contributed by atoms with Crippen LogP contribution in [0.3, 0.4) is 0 Å². The van der Waals surface area contributed by atoms with Gasteiger partial charge < -0.3 is 0 Å². The lowest BCUT2D eigenvalue weighted by molar-refractivity contribution is 0.116. The third-order valence-corrected chi connectivity index (χ3v) is 5.82. The van der Waals surface area contributed by atoms with Crippen LogP contribution in [-0.4, -0.2) is 0 Å². The van der Waals surface area contributed by atoms with Gasteiger partial charge >= 0.3 is 0 Å². The predicted molar refractivity (Wildman–Crippen MR) is 115 cm³/mol. The highest BCUT2D eigenvalue weighted by Gasteiger charge is 2.31. The van der Waals surface area contributed by atoms with Gasteiger partial charge in [-0.1, -0.05) is 133 Å². The van der Waals surface area contributed by atoms with E-state index in [1.165, 1.54) is 77.0 Å². The fraction of sp³-hybridized carbons (Fsp3) is 1.00. The van der Waals surface area contributed by atoms with Crippen LogP contribution in [0, 0.1) is 16.7 Å². The lowest BCUT2D eigenvalue weighted by Crippen LogP contribution is -2.29. The van der Waals surface area contributed by atoms with Gasteiger partial charge in [0.05, 0.1) is 0 Å². The van der Waals surface area contributed by atoms with Crippen LogP contribution in [0.15, 0.2) is 0 Å². The molecule has 0 N–H and O–H groups in total. The molecule has 24 heavy (non-hydrogen) atoms. The third kappa shape index (κ3) is 16.8. The molecule has 0 amide bonds. The summed E-state index contributed by atoms with van der Waals surface area (Å²) in [4.78, 5) is 0. The molecule has 0 rings (SSSR count). The Labute approximate surface area is 156 Å². The molecule has 0 unspecified atom stereocenters. The van der Waals surface area contributed by atoms with E-state index in [4.69, 9.17) is 0 Å². The van der Waals surface area contributed by atoms with Crippen molar-refractivity contribution < 1.29 is 0 Å². The van der Waals surface area contributed by atoms with Crippen LogP contribution in [-0.2, 0) is 0 Å². The van der Waals surface area contributed by atoms with Gasteiger partial charge in [-0.05, 0) is 23.2 Å². The van der Waals surface area contributed by atoms with Crippen LogP contribution < -0.4 is 0 Å². The summed E-state index contributed by atoms with van der Waals surface area (Å²) in [5, 5.41) is 0. The summed E-state index contributed by atoms with van der Waals surface area (Å²) in [5.74, 6) is 0.903. The minimum atomic E-state index is 0.445. The molecule has 0 heterocycles. The van der Waals surface area contributed by atoms with Crippen LogP contribution >= 0.6 is 0 Å². The van der Waals surface area contributed by atoms with Gasteiger partial charge in [0.1, 0.15) is 0 Å². The third-order valence-electron chi connectivity index (χ3n) is 5.82. The molecule has 0 nitrogen and oxygen atoms in total. The maximum Gasteiger partial charge on any atom is -0.0306 e. The van der Waals surface area contributed by atoms with Crippen molar-refractivity contribution in [2.45, 2.75) is 139 Å². The molecule has 148 valence electrons. The van der Waals surface area contributed by atoms with Gasteiger partial charge in [-0.2, -0.15) is 0 Å². The average molecular weight is 341 g/mol. The van der Waals surface area contributed by atoms with Crippen LogP contribution in [0.4, 0.5) is 0 Å². The highest BCUT2D eigenvalue weighted by atomic mass is 14.4. The van der Waals surface area contributed by atoms with Crippen LogP contribution in [0.5, 0.6) is 0 Å². The van der Waals surface area contributed by atoms with Gasteiger partial charge in [0.25, 0.3) is 0 Å². The van der Waals surface area contributed by atoms with Crippen molar-refractivity contribution in [1.29, 1.82) is 0 Å². The number of hydrogen-bond acceptors (Lipinski definition) is 0. The Bertz CT molecular complexity index is 241. The van der Waals surface area contributed by atoms with Crippen LogP contribution in [0.2, 0.25) is 0 Å². The summed E-state index contributed by atoms with van der Waals surface area (Å²) in [6.07, 6.45) is 17.0. The normalized spacial score (nSPS) is 12.2. The standard InChI is InChI=1S/2C12H26/c1-7-8-9-10-12(5,6)11(2,3)4;1-4-5-6-7-8-9-10-11-12(2)3/h7-10H2,1-6H3;12H,4-11H2,1-3H3. The van der Waals surface area contributed by atoms with E-state index in [2.05, 4.69) is 62.3 Å². The van der Waals surface area contributed by atoms with E-state index in [0.717, 1.165) is 5.92 Å². The maximum atomic E-state index is 2.39. The van der Waals surface area contributed by atoms with E-state index in [-0.39, 0.29) is 0 Å². The van der Waals surface area contributed by atoms with Crippen molar-refractivity contribution in [3.05, 3.63) is 0 Å². The zero-order valence-corrected chi connectivity index (χ0v) is 19.1. The molecule has 0 saturated heterocycles. The van der Waals surface area contributed by atoms with Crippen LogP contribution in [0.25, 0.3) is 0 Å². The molecule has 0 radical (unpaired) electrons. The Morgan fingerprint density at radius 1 is 0.583 bits per heavy atom. The lowest BCUT2D eigenvalue weighted by Gasteiger charge is -2.39. The van der Waals surface area contributed by atoms with E-state index in [1.807, 2.05) is 0 Å². The molecule has 0 aromatic heterocycles. The summed E-state index contributed by atoms with van der Waals surface area (Å²) in [5.41, 5.74) is 0.933. The Morgan fingerprint density at radius 2 is 1.00 bits per heavy atom. The van der Waals surface area contributed by atoms with Gasteiger partial charge in [0, 0.05) is 0 Å². The second-order valence-electron chi connectivity index (χ2n) is 9.89. The van der Waals surface area contributed by atoms with E-state index in [1.54, 1.807) is 0 Å². The van der Waals surface area contributed by atoms with E-state index >= 15 is 0 Å². The highest BCUT2D eigenvalue weighted by molar-refractivity contribution is 4.81. The first-order valence-corrected chi connectivity index (χ1v) is 11.1. The molecule has 0 atom stereocenters. The van der Waals surface area contributed by atoms with Gasteiger partial charge in [-0.25, -0.2) is 0 Å². The van der Waals surface area contributed by atoms with Gasteiger partial charge in [0.15, 0.2) is 0 Å². The van der Waals surface area contributed by atoms with Crippen molar-refractivity contribution >= 4 is 0 Å². The summed E-state index contributed by atoms with van der Waals surface area (Å²) >= 11 is 0. The molecule has 0 heteroatoms. The zero-order chi connectivity index (χ0) is 19.1. The molecular formula is C24H52. The fourth-order valence-electron chi connectivity index (χ4n) is 2.70. The predicted octanol–water partition coefficient (Wildman–Crippen LogP) is 9.42. The van der Waals surface area contributed by atoms with E-state index in [0.29, 0.717) is 10.8 Å². The molecule has 0 bridgehead atoms. The van der Waals surface area contributed by atoms with Crippen molar-refractivity contribution in [3.8, 4) is 0 Å². The summed E-state index contributed by atoms with van der Waals surface area (Å²) in [6, 6.07) is 0. The number of unbranched alkanes of at least 4 members (excludes halogenated alkanes) is 8. The molecule has 0 saturated carbocycles. The summed E-state index contributed by atoms with van der Waals surface area (Å²) in [7, 11) is 0. The van der Waals surface area contributed by atoms with Crippen molar-refractivity contribution in [2.75, 3.05) is 0 Å². The maximum absolute atomic E-state index is 2.39. The second kappa shape index (κ2) is 15.3. The quantitative estimate of drug-likeness (QED) is 0.310. The Kier molecular flexibility index (Phi) is 16.7. The minimum Gasteiger partial charge on any atom is -0.0654 e. The van der Waals surface area contributed by atoms with Crippen molar-refractivity contribution in [3.63, 3.8) is 0 Å². The summed E-state index contributed by atoms with van der Waals surface area (Å²) in [6.45, 7) is 21.0. The van der Waals surface area contributed by atoms with Gasteiger partial charge in [-0.3, -0.25) is 0 Å². The first-order valence-electron chi connectivity index (χ1n) is 11.1. The lowest BCUT2D eigenvalue weighted by atomic mass is 9.67. The first-order chi connectivity index (χ1) is 11.1. The van der Waals surface area contributed by atoms with Gasteiger partial charge in [-0.15, -0.1) is 0 Å². The van der Waals surface area contributed by atoms with E-state index in [9.17, 15) is 0 Å². The minimum absolute atomic E-state index is 0.445.